The van der Waals surface area contributed by atoms with Crippen LogP contribution in [0, 0.1) is 11.3 Å². The molecule has 0 aromatic carbocycles. The van der Waals surface area contributed by atoms with Gasteiger partial charge >= 0.3 is 0 Å². The van der Waals surface area contributed by atoms with Crippen molar-refractivity contribution in [3.8, 4) is 0 Å². The minimum absolute atomic E-state index is 0.448. The highest BCUT2D eigenvalue weighted by Crippen LogP contribution is 2.31. The summed E-state index contributed by atoms with van der Waals surface area (Å²) in [5, 5.41) is 2.06. The van der Waals surface area contributed by atoms with Crippen LogP contribution in [0.15, 0.2) is 0 Å². The van der Waals surface area contributed by atoms with Gasteiger partial charge in [0.1, 0.15) is 5.92 Å². The molecule has 1 fully saturated rings. The maximum atomic E-state index is 11.1. The van der Waals surface area contributed by atoms with Crippen LogP contribution in [0.5, 0.6) is 0 Å². The Morgan fingerprint density at radius 2 is 2.00 bits per heavy atom. The van der Waals surface area contributed by atoms with Gasteiger partial charge in [-0.1, -0.05) is 0 Å². The van der Waals surface area contributed by atoms with Gasteiger partial charge in [0.2, 0.25) is 17.7 Å². The second kappa shape index (κ2) is 2.30. The Bertz CT molecular complexity index is 270. The summed E-state index contributed by atoms with van der Waals surface area (Å²) in [5.74, 6) is -2.85. The molecule has 0 saturated carbocycles. The van der Waals surface area contributed by atoms with Crippen molar-refractivity contribution in [2.45, 2.75) is 13.8 Å². The highest BCUT2D eigenvalue weighted by Gasteiger charge is 2.51. The van der Waals surface area contributed by atoms with Crippen LogP contribution in [0.4, 0.5) is 0 Å². The summed E-state index contributed by atoms with van der Waals surface area (Å²) in [6, 6.07) is 0. The molecule has 3 N–H and O–H groups in total. The fourth-order valence-electron chi connectivity index (χ4n) is 1.29. The summed E-state index contributed by atoms with van der Waals surface area (Å²) in [7, 11) is 0. The topological polar surface area (TPSA) is 89.3 Å². The molecule has 1 aliphatic rings. The van der Waals surface area contributed by atoms with Gasteiger partial charge in [-0.05, 0) is 13.8 Å². The van der Waals surface area contributed by atoms with E-state index in [1.165, 1.54) is 13.8 Å². The number of primary amides is 1. The fourth-order valence-corrected chi connectivity index (χ4v) is 1.29. The van der Waals surface area contributed by atoms with E-state index in [0.717, 1.165) is 0 Å². The van der Waals surface area contributed by atoms with Crippen molar-refractivity contribution in [1.82, 2.24) is 5.32 Å². The summed E-state index contributed by atoms with van der Waals surface area (Å²) >= 11 is 0. The monoisotopic (exact) mass is 170 g/mol. The first-order chi connectivity index (χ1) is 5.37. The summed E-state index contributed by atoms with van der Waals surface area (Å²) < 4.78 is 0. The van der Waals surface area contributed by atoms with Crippen LogP contribution in [0.25, 0.3) is 0 Å². The van der Waals surface area contributed by atoms with Crippen molar-refractivity contribution in [2.75, 3.05) is 0 Å². The molecule has 5 nitrogen and oxygen atoms in total. The van der Waals surface area contributed by atoms with E-state index in [4.69, 9.17) is 5.73 Å². The Morgan fingerprint density at radius 1 is 1.50 bits per heavy atom. The van der Waals surface area contributed by atoms with E-state index in [2.05, 4.69) is 5.32 Å². The van der Waals surface area contributed by atoms with Crippen molar-refractivity contribution in [3.63, 3.8) is 0 Å². The van der Waals surface area contributed by atoms with Gasteiger partial charge < -0.3 is 5.73 Å². The van der Waals surface area contributed by atoms with Crippen LogP contribution < -0.4 is 11.1 Å². The molecule has 1 unspecified atom stereocenters. The Morgan fingerprint density at radius 3 is 2.17 bits per heavy atom. The molecule has 0 aromatic heterocycles. The average Bonchev–Trinajstić information content (AvgIpc) is 2.02. The minimum Gasteiger partial charge on any atom is -0.369 e. The van der Waals surface area contributed by atoms with Crippen LogP contribution in [0.1, 0.15) is 13.8 Å². The van der Waals surface area contributed by atoms with Gasteiger partial charge in [-0.15, -0.1) is 0 Å². The number of nitrogens with two attached hydrogens (primary N) is 1. The number of carbonyl (C=O) groups is 3. The van der Waals surface area contributed by atoms with E-state index in [1.54, 1.807) is 0 Å². The van der Waals surface area contributed by atoms with Crippen molar-refractivity contribution < 1.29 is 14.4 Å². The zero-order valence-electron chi connectivity index (χ0n) is 6.88. The highest BCUT2D eigenvalue weighted by molar-refractivity contribution is 6.16. The van der Waals surface area contributed by atoms with Crippen molar-refractivity contribution in [3.05, 3.63) is 0 Å². The molecule has 1 saturated heterocycles. The molecular weight excluding hydrogens is 160 g/mol. The van der Waals surface area contributed by atoms with Crippen LogP contribution in [-0.2, 0) is 14.4 Å². The number of rotatable bonds is 1. The molecule has 3 amide bonds. The van der Waals surface area contributed by atoms with Crippen LogP contribution in [0.2, 0.25) is 0 Å². The molecule has 0 bridgehead atoms. The normalized spacial score (nSPS) is 27.0. The number of carbonyl (C=O) groups excluding carboxylic acids is 3. The van der Waals surface area contributed by atoms with Gasteiger partial charge in [-0.25, -0.2) is 0 Å². The lowest BCUT2D eigenvalue weighted by molar-refractivity contribution is -0.135. The van der Waals surface area contributed by atoms with Crippen molar-refractivity contribution in [1.29, 1.82) is 0 Å². The molecule has 0 aromatic rings. The third-order valence-corrected chi connectivity index (χ3v) is 2.09. The number of amides is 3. The molecule has 1 aliphatic heterocycles. The van der Waals surface area contributed by atoms with E-state index in [0.29, 0.717) is 0 Å². The predicted octanol–water partition coefficient (Wildman–Crippen LogP) is -1.23. The lowest BCUT2D eigenvalue weighted by Gasteiger charge is -2.17. The lowest BCUT2D eigenvalue weighted by atomic mass is 9.81. The quantitative estimate of drug-likeness (QED) is 0.381. The largest absolute Gasteiger partial charge is 0.369 e. The molecule has 66 valence electrons. The Hall–Kier alpha value is -1.39. The van der Waals surface area contributed by atoms with Crippen LogP contribution in [-0.4, -0.2) is 17.7 Å². The lowest BCUT2D eigenvalue weighted by Crippen LogP contribution is -2.37. The second-order valence-electron chi connectivity index (χ2n) is 3.38. The number of hydrogen-bond acceptors (Lipinski definition) is 3. The molecule has 0 spiro atoms. The predicted molar refractivity (Wildman–Crippen MR) is 39.6 cm³/mol. The fraction of sp³-hybridized carbons (Fsp3) is 0.571. The first kappa shape index (κ1) is 8.70. The Balaban J connectivity index is 3.07. The maximum absolute atomic E-state index is 11.1. The zero-order chi connectivity index (χ0) is 9.52. The van der Waals surface area contributed by atoms with Crippen LogP contribution >= 0.6 is 0 Å². The molecule has 1 rings (SSSR count). The first-order valence-electron chi connectivity index (χ1n) is 3.52. The zero-order valence-corrected chi connectivity index (χ0v) is 6.88. The summed E-state index contributed by atoms with van der Waals surface area (Å²) in [4.78, 5) is 32.9. The van der Waals surface area contributed by atoms with Gasteiger partial charge in [-0.2, -0.15) is 0 Å². The smallest absolute Gasteiger partial charge is 0.240 e. The van der Waals surface area contributed by atoms with Crippen LogP contribution in [0.3, 0.4) is 0 Å². The molecule has 1 atom stereocenters. The molecule has 0 radical (unpaired) electrons. The van der Waals surface area contributed by atoms with Gasteiger partial charge in [-0.3, -0.25) is 19.7 Å². The Labute approximate surface area is 69.3 Å². The Kier molecular flexibility index (Phi) is 1.67. The van der Waals surface area contributed by atoms with E-state index >= 15 is 0 Å². The minimum atomic E-state index is -1.04. The third-order valence-electron chi connectivity index (χ3n) is 2.09. The molecule has 0 aliphatic carbocycles. The van der Waals surface area contributed by atoms with Crippen molar-refractivity contribution >= 4 is 17.7 Å². The van der Waals surface area contributed by atoms with Gasteiger partial charge in [0, 0.05) is 0 Å². The van der Waals surface area contributed by atoms with E-state index in [9.17, 15) is 14.4 Å². The van der Waals surface area contributed by atoms with Gasteiger partial charge in [0.25, 0.3) is 0 Å². The second-order valence-corrected chi connectivity index (χ2v) is 3.38. The number of hydrogen-bond donors (Lipinski definition) is 2. The maximum Gasteiger partial charge on any atom is 0.240 e. The molecular formula is C7H10N2O3. The number of imide groups is 1. The molecule has 1 heterocycles. The third kappa shape index (κ3) is 0.975. The number of nitrogens with one attached hydrogen (secondary N) is 1. The standard InChI is InChI=1S/C7H10N2O3/c1-7(2)3(4(8)10)5(11)9-6(7)12/h3H,1-2H3,(H2,8,10)(H,9,11,12). The van der Waals surface area contributed by atoms with Gasteiger partial charge in [0.05, 0.1) is 5.41 Å². The van der Waals surface area contributed by atoms with E-state index in [-0.39, 0.29) is 0 Å². The summed E-state index contributed by atoms with van der Waals surface area (Å²) in [6.45, 7) is 3.03. The summed E-state index contributed by atoms with van der Waals surface area (Å²) in [5.41, 5.74) is 3.96. The van der Waals surface area contributed by atoms with Crippen molar-refractivity contribution in [2.24, 2.45) is 17.1 Å². The SMILES string of the molecule is CC1(C)C(=O)NC(=O)C1C(N)=O. The molecule has 5 heteroatoms. The summed E-state index contributed by atoms with van der Waals surface area (Å²) in [6.07, 6.45) is 0. The van der Waals surface area contributed by atoms with E-state index < -0.39 is 29.1 Å². The molecule has 12 heavy (non-hydrogen) atoms. The highest BCUT2D eigenvalue weighted by atomic mass is 16.2. The first-order valence-corrected chi connectivity index (χ1v) is 3.52. The van der Waals surface area contributed by atoms with Gasteiger partial charge in [0.15, 0.2) is 0 Å². The van der Waals surface area contributed by atoms with E-state index in [1.807, 2.05) is 0 Å². The average molecular weight is 170 g/mol.